The Hall–Kier alpha value is -2.17. The first-order chi connectivity index (χ1) is 16.6. The molecule has 1 aliphatic carbocycles. The summed E-state index contributed by atoms with van der Waals surface area (Å²) >= 11 is 0. The molecule has 0 heterocycles. The molecule has 0 radical (unpaired) electrons. The molecule has 0 aliphatic heterocycles. The number of hydrogen-bond donors (Lipinski definition) is 0. The van der Waals surface area contributed by atoms with Gasteiger partial charge in [0.05, 0.1) is 0 Å². The fourth-order valence-corrected chi connectivity index (χ4v) is 19.9. The van der Waals surface area contributed by atoms with Crippen LogP contribution in [0.5, 0.6) is 0 Å². The van der Waals surface area contributed by atoms with E-state index in [9.17, 15) is 0 Å². The summed E-state index contributed by atoms with van der Waals surface area (Å²) in [5.74, 6) is 0.689. The summed E-state index contributed by atoms with van der Waals surface area (Å²) in [6.45, 7) is 5.31. The largest absolute Gasteiger partial charge is 1.00 e. The minimum atomic E-state index is -2.22. The second-order valence-electron chi connectivity index (χ2n) is 10.1. The molecule has 0 atom stereocenters. The monoisotopic (exact) mass is 538 g/mol. The molecule has 35 heavy (non-hydrogen) atoms. The van der Waals surface area contributed by atoms with Gasteiger partial charge in [-0.15, -0.1) is 0 Å². The molecule has 0 aromatic heterocycles. The Morgan fingerprint density at radius 2 is 0.743 bits per heavy atom. The molecule has 3 heteroatoms. The molecule has 1 aliphatic rings. The normalized spacial score (nSPS) is 14.6. The fourth-order valence-electron chi connectivity index (χ4n) is 6.57. The second-order valence-corrected chi connectivity index (χ2v) is 18.5. The van der Waals surface area contributed by atoms with E-state index in [1.807, 2.05) is 5.16 Å². The molecule has 0 N–H and O–H groups in total. The minimum Gasteiger partial charge on any atom is -0.291 e. The van der Waals surface area contributed by atoms with E-state index in [1.165, 1.54) is 25.7 Å². The Morgan fingerprint density at radius 1 is 0.486 bits per heavy atom. The SMILES string of the molecule is C[Si](c1ccccc1)(c1ccccc1)[C-](C1CCCC1)[Si](C)(c1ccccc1)c1ccccc1.[Cu+]. The van der Waals surface area contributed by atoms with E-state index >= 15 is 0 Å². The van der Waals surface area contributed by atoms with Gasteiger partial charge >= 0.3 is 17.1 Å². The van der Waals surface area contributed by atoms with Crippen molar-refractivity contribution in [1.82, 2.24) is 0 Å². The number of benzene rings is 4. The Balaban J connectivity index is 0.00000289. The van der Waals surface area contributed by atoms with Gasteiger partial charge in [0.15, 0.2) is 0 Å². The third-order valence-corrected chi connectivity index (χ3v) is 20.2. The van der Waals surface area contributed by atoms with Gasteiger partial charge in [0.2, 0.25) is 0 Å². The van der Waals surface area contributed by atoms with Gasteiger partial charge in [0.25, 0.3) is 0 Å². The predicted molar refractivity (Wildman–Crippen MR) is 153 cm³/mol. The maximum Gasteiger partial charge on any atom is 1.00 e. The summed E-state index contributed by atoms with van der Waals surface area (Å²) in [6, 6.07) is 46.0. The number of hydrogen-bond acceptors (Lipinski definition) is 0. The molecule has 1 fully saturated rings. The molecule has 0 unspecified atom stereocenters. The summed E-state index contributed by atoms with van der Waals surface area (Å²) in [7, 11) is -4.44. The van der Waals surface area contributed by atoms with Gasteiger partial charge in [-0.1, -0.05) is 181 Å². The molecule has 4 aromatic rings. The molecule has 5 rings (SSSR count). The summed E-state index contributed by atoms with van der Waals surface area (Å²) in [4.78, 5) is 0. The Morgan fingerprint density at radius 3 is 1.00 bits per heavy atom. The number of rotatable bonds is 7. The van der Waals surface area contributed by atoms with Crippen LogP contribution in [0.1, 0.15) is 25.7 Å². The summed E-state index contributed by atoms with van der Waals surface area (Å²) in [6.07, 6.45) is 5.38. The van der Waals surface area contributed by atoms with Gasteiger partial charge in [-0.2, -0.15) is 5.92 Å². The van der Waals surface area contributed by atoms with Crippen LogP contribution in [0.25, 0.3) is 0 Å². The van der Waals surface area contributed by atoms with Crippen LogP contribution in [-0.2, 0) is 17.1 Å². The van der Waals surface area contributed by atoms with Crippen molar-refractivity contribution in [1.29, 1.82) is 0 Å². The molecule has 1 saturated carbocycles. The standard InChI is InChI=1S/C32H35Si2.Cu/c1-33(28-19-7-3-8-20-28,29-21-9-4-10-22-29)32(27-17-15-16-18-27)34(2,30-23-11-5-12-24-30)31-25-13-6-14-26-31;/h3-14,19-27H,15-18H2,1-2H3;/q-1;+1. The smallest absolute Gasteiger partial charge is 0.291 e. The van der Waals surface area contributed by atoms with Crippen molar-refractivity contribution in [3.63, 3.8) is 0 Å². The Bertz CT molecular complexity index is 1010. The maximum atomic E-state index is 2.66. The Labute approximate surface area is 224 Å². The van der Waals surface area contributed by atoms with Crippen molar-refractivity contribution >= 4 is 36.9 Å². The van der Waals surface area contributed by atoms with Crippen LogP contribution in [0.4, 0.5) is 0 Å². The molecule has 0 bridgehead atoms. The molecular formula is C32H35CuSi2. The quantitative estimate of drug-likeness (QED) is 0.212. The van der Waals surface area contributed by atoms with Crippen molar-refractivity contribution in [2.75, 3.05) is 0 Å². The van der Waals surface area contributed by atoms with Crippen molar-refractivity contribution in [2.24, 2.45) is 5.92 Å². The van der Waals surface area contributed by atoms with Crippen molar-refractivity contribution in [3.8, 4) is 0 Å². The van der Waals surface area contributed by atoms with Gasteiger partial charge < -0.3 is 0 Å². The zero-order valence-electron chi connectivity index (χ0n) is 20.8. The minimum absolute atomic E-state index is 0. The van der Waals surface area contributed by atoms with E-state index in [0.29, 0.717) is 5.92 Å². The van der Waals surface area contributed by atoms with E-state index in [-0.39, 0.29) is 17.1 Å². The van der Waals surface area contributed by atoms with E-state index in [1.54, 1.807) is 20.7 Å². The van der Waals surface area contributed by atoms with E-state index in [2.05, 4.69) is 134 Å². The summed E-state index contributed by atoms with van der Waals surface area (Å²) in [5.41, 5.74) is 0. The van der Waals surface area contributed by atoms with Crippen LogP contribution < -0.4 is 20.7 Å². The molecule has 0 nitrogen and oxygen atoms in total. The fraction of sp³-hybridized carbons (Fsp3) is 0.219. The van der Waals surface area contributed by atoms with Crippen molar-refractivity contribution in [3.05, 3.63) is 126 Å². The first-order valence-corrected chi connectivity index (χ1v) is 17.7. The van der Waals surface area contributed by atoms with Gasteiger partial charge in [-0.3, -0.25) is 5.16 Å². The first-order valence-electron chi connectivity index (χ1n) is 12.7. The van der Waals surface area contributed by atoms with Crippen molar-refractivity contribution < 1.29 is 17.1 Å². The van der Waals surface area contributed by atoms with Gasteiger partial charge in [0, 0.05) is 0 Å². The first kappa shape index (κ1) is 25.9. The van der Waals surface area contributed by atoms with Crippen LogP contribution in [0.2, 0.25) is 13.1 Å². The van der Waals surface area contributed by atoms with Crippen LogP contribution in [0.3, 0.4) is 0 Å². The Kier molecular flexibility index (Phi) is 8.34. The zero-order valence-corrected chi connectivity index (χ0v) is 23.7. The second kappa shape index (κ2) is 11.3. The summed E-state index contributed by atoms with van der Waals surface area (Å²) < 4.78 is 0. The molecule has 0 spiro atoms. The molecule has 0 amide bonds. The van der Waals surface area contributed by atoms with Gasteiger partial charge in [-0.25, -0.2) is 0 Å². The molecule has 4 aromatic carbocycles. The molecular weight excluding hydrogens is 504 g/mol. The third-order valence-electron chi connectivity index (χ3n) is 8.25. The third kappa shape index (κ3) is 4.80. The maximum absolute atomic E-state index is 2.66. The average Bonchev–Trinajstić information content (AvgIpc) is 3.44. The molecule has 0 saturated heterocycles. The average molecular weight is 539 g/mol. The van der Waals surface area contributed by atoms with E-state index < -0.39 is 16.1 Å². The zero-order chi connectivity index (χ0) is 23.4. The van der Waals surface area contributed by atoms with Crippen LogP contribution >= 0.6 is 0 Å². The van der Waals surface area contributed by atoms with Crippen molar-refractivity contribution in [2.45, 2.75) is 38.8 Å². The van der Waals surface area contributed by atoms with E-state index in [0.717, 1.165) is 0 Å². The van der Waals surface area contributed by atoms with Crippen LogP contribution in [-0.4, -0.2) is 16.1 Å². The molecule has 182 valence electrons. The van der Waals surface area contributed by atoms with Gasteiger partial charge in [0.1, 0.15) is 0 Å². The summed E-state index contributed by atoms with van der Waals surface area (Å²) in [5, 5.41) is 8.11. The van der Waals surface area contributed by atoms with Crippen LogP contribution in [0, 0.1) is 11.1 Å². The van der Waals surface area contributed by atoms with Gasteiger partial charge in [-0.05, 0) is 16.1 Å². The topological polar surface area (TPSA) is 0 Å². The van der Waals surface area contributed by atoms with E-state index in [4.69, 9.17) is 0 Å². The predicted octanol–water partition coefficient (Wildman–Crippen LogP) is 5.61. The van der Waals surface area contributed by atoms with Crippen LogP contribution in [0.15, 0.2) is 121 Å².